The van der Waals surface area contributed by atoms with Gasteiger partial charge in [0.05, 0.1) is 5.56 Å². The zero-order valence-electron chi connectivity index (χ0n) is 6.98. The Balaban J connectivity index is 2.91. The first-order valence-corrected chi connectivity index (χ1v) is 4.64. The second-order valence-corrected chi connectivity index (χ2v) is 3.63. The van der Waals surface area contributed by atoms with Crippen LogP contribution in [0.5, 0.6) is 0 Å². The molecule has 0 saturated carbocycles. The van der Waals surface area contributed by atoms with Gasteiger partial charge < -0.3 is 0 Å². The Morgan fingerprint density at radius 2 is 2.29 bits per heavy atom. The van der Waals surface area contributed by atoms with Gasteiger partial charge in [-0.15, -0.1) is 0 Å². The van der Waals surface area contributed by atoms with Crippen molar-refractivity contribution in [3.05, 3.63) is 44.9 Å². The van der Waals surface area contributed by atoms with Gasteiger partial charge in [-0.05, 0) is 12.1 Å². The summed E-state index contributed by atoms with van der Waals surface area (Å²) in [6, 6.07) is 3.42. The van der Waals surface area contributed by atoms with Crippen LogP contribution in [0.1, 0.15) is 10.4 Å². The summed E-state index contributed by atoms with van der Waals surface area (Å²) in [5.41, 5.74) is 0.220. The van der Waals surface area contributed by atoms with Gasteiger partial charge in [0.2, 0.25) is 0 Å². The van der Waals surface area contributed by atoms with Crippen LogP contribution in [0.25, 0.3) is 5.65 Å². The Morgan fingerprint density at radius 3 is 3.00 bits per heavy atom. The van der Waals surface area contributed by atoms with Crippen molar-refractivity contribution in [2.24, 2.45) is 0 Å². The number of hydrogen-bond donors (Lipinski definition) is 0. The van der Waals surface area contributed by atoms with Crippen molar-refractivity contribution >= 4 is 27.9 Å². The fourth-order valence-corrected chi connectivity index (χ4v) is 1.47. The highest BCUT2D eigenvalue weighted by Crippen LogP contribution is 2.09. The summed E-state index contributed by atoms with van der Waals surface area (Å²) in [6.07, 6.45) is 3.35. The molecule has 0 unspecified atom stereocenters. The molecule has 0 atom stereocenters. The predicted octanol–water partition coefficient (Wildman–Crippen LogP) is 1.27. The Labute approximate surface area is 87.3 Å². The minimum Gasteiger partial charge on any atom is -0.298 e. The molecule has 0 bridgehead atoms. The van der Waals surface area contributed by atoms with E-state index in [2.05, 4.69) is 20.9 Å². The number of nitrogens with zero attached hydrogens (tertiary/aromatic N) is 2. The summed E-state index contributed by atoms with van der Waals surface area (Å²) < 4.78 is 2.16. The number of rotatable bonds is 1. The highest BCUT2D eigenvalue weighted by molar-refractivity contribution is 9.10. The number of aldehydes is 1. The molecular weight excluding hydrogens is 248 g/mol. The van der Waals surface area contributed by atoms with Gasteiger partial charge in [-0.25, -0.2) is 4.98 Å². The average Bonchev–Trinajstić information content (AvgIpc) is 2.18. The number of carbonyl (C=O) groups is 1. The molecule has 2 aromatic rings. The van der Waals surface area contributed by atoms with E-state index < -0.39 is 0 Å². The molecule has 2 rings (SSSR count). The van der Waals surface area contributed by atoms with E-state index in [1.54, 1.807) is 18.3 Å². The van der Waals surface area contributed by atoms with Crippen molar-refractivity contribution < 1.29 is 4.79 Å². The topological polar surface area (TPSA) is 51.4 Å². The number of halogens is 1. The van der Waals surface area contributed by atoms with E-state index in [0.717, 1.165) is 4.47 Å². The highest BCUT2D eigenvalue weighted by Gasteiger charge is 2.02. The van der Waals surface area contributed by atoms with Crippen LogP contribution in [-0.2, 0) is 0 Å². The van der Waals surface area contributed by atoms with E-state index in [1.165, 1.54) is 10.6 Å². The predicted molar refractivity (Wildman–Crippen MR) is 54.5 cm³/mol. The van der Waals surface area contributed by atoms with Crippen molar-refractivity contribution in [2.45, 2.75) is 0 Å². The number of pyridine rings is 1. The lowest BCUT2D eigenvalue weighted by Gasteiger charge is -1.99. The third-order valence-corrected chi connectivity index (χ3v) is 2.32. The summed E-state index contributed by atoms with van der Waals surface area (Å²) in [5, 5.41) is 0. The van der Waals surface area contributed by atoms with Crippen molar-refractivity contribution in [3.8, 4) is 0 Å². The number of fused-ring (bicyclic) bond motifs is 1. The van der Waals surface area contributed by atoms with Gasteiger partial charge >= 0.3 is 0 Å². The lowest BCUT2D eigenvalue weighted by Crippen LogP contribution is -2.18. The first kappa shape index (κ1) is 9.08. The largest absolute Gasteiger partial charge is 0.298 e. The molecule has 4 nitrogen and oxygen atoms in total. The molecule has 70 valence electrons. The zero-order valence-corrected chi connectivity index (χ0v) is 8.56. The minimum atomic E-state index is -0.350. The van der Waals surface area contributed by atoms with Gasteiger partial charge in [-0.2, -0.15) is 0 Å². The van der Waals surface area contributed by atoms with Crippen LogP contribution in [-0.4, -0.2) is 15.7 Å². The van der Waals surface area contributed by atoms with Gasteiger partial charge in [0.25, 0.3) is 5.56 Å². The Morgan fingerprint density at radius 1 is 1.50 bits per heavy atom. The first-order chi connectivity index (χ1) is 6.72. The number of carbonyl (C=O) groups excluding carboxylic acids is 1. The number of hydrogen-bond acceptors (Lipinski definition) is 3. The summed E-state index contributed by atoms with van der Waals surface area (Å²) in [4.78, 5) is 26.0. The average molecular weight is 253 g/mol. The Kier molecular flexibility index (Phi) is 2.17. The van der Waals surface area contributed by atoms with Gasteiger partial charge in [0.1, 0.15) is 5.65 Å². The van der Waals surface area contributed by atoms with Crippen molar-refractivity contribution in [1.29, 1.82) is 0 Å². The molecule has 14 heavy (non-hydrogen) atoms. The molecule has 0 aromatic carbocycles. The molecule has 0 aliphatic rings. The lowest BCUT2D eigenvalue weighted by atomic mass is 10.3. The van der Waals surface area contributed by atoms with E-state index in [-0.39, 0.29) is 11.1 Å². The Bertz CT molecular complexity index is 562. The van der Waals surface area contributed by atoms with Gasteiger partial charge in [-0.1, -0.05) is 15.9 Å². The molecular formula is C9H5BrN2O2. The molecule has 0 spiro atoms. The van der Waals surface area contributed by atoms with Crippen LogP contribution in [0, 0.1) is 0 Å². The van der Waals surface area contributed by atoms with Crippen LogP contribution in [0.2, 0.25) is 0 Å². The van der Waals surface area contributed by atoms with Crippen LogP contribution in [0.4, 0.5) is 0 Å². The van der Waals surface area contributed by atoms with E-state index in [1.807, 2.05) is 0 Å². The molecule has 0 aliphatic carbocycles. The maximum absolute atomic E-state index is 11.5. The normalized spacial score (nSPS) is 10.4. The third kappa shape index (κ3) is 1.35. The summed E-state index contributed by atoms with van der Waals surface area (Å²) in [7, 11) is 0. The fraction of sp³-hybridized carbons (Fsp3) is 0. The summed E-state index contributed by atoms with van der Waals surface area (Å²) in [6.45, 7) is 0. The van der Waals surface area contributed by atoms with E-state index in [0.29, 0.717) is 11.9 Å². The van der Waals surface area contributed by atoms with Crippen molar-refractivity contribution in [2.75, 3.05) is 0 Å². The first-order valence-electron chi connectivity index (χ1n) is 3.84. The third-order valence-electron chi connectivity index (χ3n) is 1.83. The lowest BCUT2D eigenvalue weighted by molar-refractivity contribution is 0.112. The van der Waals surface area contributed by atoms with E-state index >= 15 is 0 Å². The molecule has 0 radical (unpaired) electrons. The summed E-state index contributed by atoms with van der Waals surface area (Å²) in [5.74, 6) is 0. The second kappa shape index (κ2) is 3.34. The van der Waals surface area contributed by atoms with Crippen LogP contribution >= 0.6 is 15.9 Å². The Hall–Kier alpha value is -1.49. The highest BCUT2D eigenvalue weighted by atomic mass is 79.9. The second-order valence-electron chi connectivity index (χ2n) is 2.71. The van der Waals surface area contributed by atoms with Crippen molar-refractivity contribution in [3.63, 3.8) is 0 Å². The zero-order chi connectivity index (χ0) is 10.1. The SMILES string of the molecule is O=Cc1cnc2cc(Br)ccn2c1=O. The molecule has 2 heterocycles. The quantitative estimate of drug-likeness (QED) is 0.719. The van der Waals surface area contributed by atoms with Crippen LogP contribution in [0.15, 0.2) is 33.8 Å². The smallest absolute Gasteiger partial charge is 0.268 e. The molecule has 0 N–H and O–H groups in total. The molecule has 0 aliphatic heterocycles. The maximum Gasteiger partial charge on any atom is 0.268 e. The minimum absolute atomic E-state index is 0.0600. The van der Waals surface area contributed by atoms with Crippen LogP contribution < -0.4 is 5.56 Å². The fourth-order valence-electron chi connectivity index (χ4n) is 1.15. The molecule has 5 heteroatoms. The standard InChI is InChI=1S/C9H5BrN2O2/c10-7-1-2-12-8(3-7)11-4-6(5-13)9(12)14/h1-5H. The number of aromatic nitrogens is 2. The molecule has 0 saturated heterocycles. The van der Waals surface area contributed by atoms with Crippen LogP contribution in [0.3, 0.4) is 0 Å². The van der Waals surface area contributed by atoms with Gasteiger partial charge in [0, 0.05) is 16.9 Å². The monoisotopic (exact) mass is 252 g/mol. The molecule has 0 amide bonds. The van der Waals surface area contributed by atoms with Gasteiger partial charge in [0.15, 0.2) is 6.29 Å². The maximum atomic E-state index is 11.5. The summed E-state index contributed by atoms with van der Waals surface area (Å²) >= 11 is 3.27. The van der Waals surface area contributed by atoms with E-state index in [9.17, 15) is 9.59 Å². The van der Waals surface area contributed by atoms with Gasteiger partial charge in [-0.3, -0.25) is 14.0 Å². The van der Waals surface area contributed by atoms with Crippen molar-refractivity contribution in [1.82, 2.24) is 9.38 Å². The van der Waals surface area contributed by atoms with E-state index in [4.69, 9.17) is 0 Å². The molecule has 0 fully saturated rings. The molecule has 2 aromatic heterocycles.